The summed E-state index contributed by atoms with van der Waals surface area (Å²) in [5, 5.41) is 50.5. The van der Waals surface area contributed by atoms with E-state index in [1.807, 2.05) is 0 Å². The smallest absolute Gasteiger partial charge is 0.457 e. The van der Waals surface area contributed by atoms with Crippen molar-refractivity contribution in [2.24, 2.45) is 0 Å². The number of hydrogen-bond acceptors (Lipinski definition) is 11. The van der Waals surface area contributed by atoms with Crippen LogP contribution in [0.25, 0.3) is 0 Å². The average molecular weight is 1030 g/mol. The fourth-order valence-corrected chi connectivity index (χ4v) is 10.6. The molecular weight excluding hydrogens is 920 g/mol. The summed E-state index contributed by atoms with van der Waals surface area (Å²) in [5.74, 6) is -0.472. The largest absolute Gasteiger partial charge is 0.472 e. The molecule has 1 aliphatic rings. The highest BCUT2D eigenvalue weighted by Gasteiger charge is 2.51. The van der Waals surface area contributed by atoms with Crippen molar-refractivity contribution in [2.45, 2.75) is 333 Å². The SMILES string of the molecule is CCCCCCCCCC/C=C\CCCCCCCCCCCC(=O)OC(COCCCCCCCCCCCCCCCCCCCCCCCCC)COP(=O)(O)OC1C(O)C(O)C(O)C(O)C1O. The minimum atomic E-state index is -5.02. The first-order chi connectivity index (χ1) is 34.5. The lowest BCUT2D eigenvalue weighted by Gasteiger charge is -2.41. The van der Waals surface area contributed by atoms with Crippen LogP contribution in [-0.2, 0) is 27.9 Å². The number of carbonyl (C=O) groups is 1. The summed E-state index contributed by atoms with van der Waals surface area (Å²) in [6, 6.07) is 0. The highest BCUT2D eigenvalue weighted by Crippen LogP contribution is 2.47. The van der Waals surface area contributed by atoms with Gasteiger partial charge in [0.2, 0.25) is 0 Å². The molecule has 6 atom stereocenters. The number of ether oxygens (including phenoxy) is 2. The first-order valence-electron chi connectivity index (χ1n) is 30.0. The van der Waals surface area contributed by atoms with E-state index in [0.29, 0.717) is 13.0 Å². The van der Waals surface area contributed by atoms with Crippen LogP contribution in [0, 0.1) is 0 Å². The summed E-state index contributed by atoms with van der Waals surface area (Å²) in [6.07, 6.45) is 45.7. The zero-order valence-corrected chi connectivity index (χ0v) is 46.7. The lowest BCUT2D eigenvalue weighted by atomic mass is 9.85. The third kappa shape index (κ3) is 40.1. The van der Waals surface area contributed by atoms with E-state index in [1.165, 1.54) is 225 Å². The van der Waals surface area contributed by atoms with Gasteiger partial charge in [-0.2, -0.15) is 0 Å². The van der Waals surface area contributed by atoms with Crippen LogP contribution in [0.4, 0.5) is 0 Å². The Morgan fingerprint density at radius 1 is 0.437 bits per heavy atom. The Labute approximate surface area is 435 Å². The molecule has 0 spiro atoms. The number of esters is 1. The van der Waals surface area contributed by atoms with E-state index in [1.54, 1.807) is 0 Å². The average Bonchev–Trinajstić information content (AvgIpc) is 3.36. The van der Waals surface area contributed by atoms with Gasteiger partial charge in [-0.05, 0) is 38.5 Å². The maximum absolute atomic E-state index is 12.9. The third-order valence-electron chi connectivity index (χ3n) is 14.4. The zero-order chi connectivity index (χ0) is 51.9. The molecule has 12 nitrogen and oxygen atoms in total. The number of allylic oxidation sites excluding steroid dienone is 2. The fourth-order valence-electron chi connectivity index (χ4n) is 9.65. The van der Waals surface area contributed by atoms with Crippen molar-refractivity contribution < 1.29 is 58.3 Å². The summed E-state index contributed by atoms with van der Waals surface area (Å²) in [6.45, 7) is 4.33. The van der Waals surface area contributed by atoms with Gasteiger partial charge in [0.15, 0.2) is 0 Å². The maximum Gasteiger partial charge on any atom is 0.472 e. The van der Waals surface area contributed by atoms with Crippen LogP contribution in [0.1, 0.15) is 290 Å². The minimum absolute atomic E-state index is 0.0705. The summed E-state index contributed by atoms with van der Waals surface area (Å²) in [7, 11) is -5.02. The molecule has 1 rings (SSSR count). The van der Waals surface area contributed by atoms with Crippen LogP contribution < -0.4 is 0 Å². The van der Waals surface area contributed by atoms with Crippen molar-refractivity contribution in [3.05, 3.63) is 12.2 Å². The monoisotopic (exact) mass is 1030 g/mol. The molecule has 0 bridgehead atoms. The molecule has 6 N–H and O–H groups in total. The summed E-state index contributed by atoms with van der Waals surface area (Å²) in [5.41, 5.74) is 0. The van der Waals surface area contributed by atoms with Gasteiger partial charge in [0.25, 0.3) is 0 Å². The van der Waals surface area contributed by atoms with Gasteiger partial charge in [0, 0.05) is 13.0 Å². The van der Waals surface area contributed by atoms with Gasteiger partial charge in [-0.15, -0.1) is 0 Å². The molecule has 0 saturated heterocycles. The molecule has 422 valence electrons. The molecule has 1 fully saturated rings. The van der Waals surface area contributed by atoms with E-state index in [4.69, 9.17) is 18.5 Å². The first kappa shape index (κ1) is 68.1. The summed E-state index contributed by atoms with van der Waals surface area (Å²) in [4.78, 5) is 23.3. The molecule has 0 heterocycles. The highest BCUT2D eigenvalue weighted by molar-refractivity contribution is 7.47. The van der Waals surface area contributed by atoms with Crippen molar-refractivity contribution in [1.29, 1.82) is 0 Å². The zero-order valence-electron chi connectivity index (χ0n) is 45.8. The normalized spacial score (nSPS) is 20.7. The Morgan fingerprint density at radius 2 is 0.746 bits per heavy atom. The molecule has 0 aromatic rings. The summed E-state index contributed by atoms with van der Waals surface area (Å²) >= 11 is 0. The Morgan fingerprint density at radius 3 is 1.11 bits per heavy atom. The lowest BCUT2D eigenvalue weighted by Crippen LogP contribution is -2.64. The molecule has 0 amide bonds. The molecule has 0 radical (unpaired) electrons. The topological polar surface area (TPSA) is 192 Å². The van der Waals surface area contributed by atoms with E-state index in [2.05, 4.69) is 26.0 Å². The quantitative estimate of drug-likeness (QED) is 0.0146. The molecule has 0 aromatic heterocycles. The minimum Gasteiger partial charge on any atom is -0.457 e. The van der Waals surface area contributed by atoms with Crippen LogP contribution in [0.5, 0.6) is 0 Å². The standard InChI is InChI=1S/C58H113O12P/c1-3-5-7-9-11-13-15-17-19-21-23-25-26-28-30-32-34-36-38-40-42-44-46-48-67-49-51(50-68-71(65,66)70-58-56(63)54(61)53(60)55(62)57(58)64)69-52(59)47-45-43-41-39-37-35-33-31-29-27-24-22-20-18-16-14-12-10-8-6-4-2/h22,24,51,53-58,60-64H,3-21,23,25-50H2,1-2H3,(H,65,66)/b24-22-. The predicted molar refractivity (Wildman–Crippen MR) is 290 cm³/mol. The van der Waals surface area contributed by atoms with Crippen molar-refractivity contribution in [3.8, 4) is 0 Å². The molecule has 1 saturated carbocycles. The van der Waals surface area contributed by atoms with E-state index in [9.17, 15) is 39.8 Å². The van der Waals surface area contributed by atoms with Gasteiger partial charge < -0.3 is 39.9 Å². The molecule has 6 unspecified atom stereocenters. The van der Waals surface area contributed by atoms with E-state index in [0.717, 1.165) is 38.5 Å². The Balaban J connectivity index is 2.25. The number of hydrogen-bond donors (Lipinski definition) is 6. The second-order valence-corrected chi connectivity index (χ2v) is 22.6. The van der Waals surface area contributed by atoms with E-state index < -0.39 is 63.1 Å². The number of phosphoric acid groups is 1. The Kier molecular flexibility index (Phi) is 46.7. The molecule has 1 aliphatic carbocycles. The molecular formula is C58H113O12P. The number of unbranched alkanes of at least 4 members (excludes halogenated alkanes) is 39. The second kappa shape index (κ2) is 48.7. The number of phosphoric ester groups is 1. The van der Waals surface area contributed by atoms with Gasteiger partial charge in [-0.1, -0.05) is 257 Å². The summed E-state index contributed by atoms with van der Waals surface area (Å²) < 4.78 is 34.5. The van der Waals surface area contributed by atoms with Gasteiger partial charge in [0.05, 0.1) is 13.2 Å². The lowest BCUT2D eigenvalue weighted by molar-refractivity contribution is -0.220. The molecule has 13 heteroatoms. The van der Waals surface area contributed by atoms with Gasteiger partial charge in [0.1, 0.15) is 42.7 Å². The van der Waals surface area contributed by atoms with Crippen LogP contribution in [0.2, 0.25) is 0 Å². The van der Waals surface area contributed by atoms with E-state index in [-0.39, 0.29) is 13.0 Å². The van der Waals surface area contributed by atoms with Crippen molar-refractivity contribution in [1.82, 2.24) is 0 Å². The maximum atomic E-state index is 12.9. The van der Waals surface area contributed by atoms with Crippen molar-refractivity contribution >= 4 is 13.8 Å². The Bertz CT molecular complexity index is 1220. The van der Waals surface area contributed by atoms with Crippen LogP contribution >= 0.6 is 7.82 Å². The number of aliphatic hydroxyl groups excluding tert-OH is 5. The molecule has 0 aliphatic heterocycles. The highest BCUT2D eigenvalue weighted by atomic mass is 31.2. The molecule has 71 heavy (non-hydrogen) atoms. The molecule has 0 aromatic carbocycles. The van der Waals surface area contributed by atoms with Crippen molar-refractivity contribution in [3.63, 3.8) is 0 Å². The third-order valence-corrected chi connectivity index (χ3v) is 15.4. The number of aliphatic hydroxyl groups is 5. The Hall–Kier alpha value is -0.920. The van der Waals surface area contributed by atoms with Crippen molar-refractivity contribution in [2.75, 3.05) is 19.8 Å². The number of rotatable bonds is 53. The van der Waals surface area contributed by atoms with Gasteiger partial charge in [-0.3, -0.25) is 13.8 Å². The van der Waals surface area contributed by atoms with Crippen LogP contribution in [-0.4, -0.2) is 98.9 Å². The van der Waals surface area contributed by atoms with Crippen LogP contribution in [0.15, 0.2) is 12.2 Å². The first-order valence-corrected chi connectivity index (χ1v) is 31.5. The number of carbonyl (C=O) groups excluding carboxylic acids is 1. The predicted octanol–water partition coefficient (Wildman–Crippen LogP) is 14.6. The van der Waals surface area contributed by atoms with Crippen LogP contribution in [0.3, 0.4) is 0 Å². The fraction of sp³-hybridized carbons (Fsp3) is 0.948. The van der Waals surface area contributed by atoms with E-state index >= 15 is 0 Å². The second-order valence-electron chi connectivity index (χ2n) is 21.2. The van der Waals surface area contributed by atoms with Gasteiger partial charge >= 0.3 is 13.8 Å². The van der Waals surface area contributed by atoms with Gasteiger partial charge in [-0.25, -0.2) is 4.57 Å².